The van der Waals surface area contributed by atoms with Crippen LogP contribution in [0.4, 0.5) is 0 Å². The van der Waals surface area contributed by atoms with Crippen LogP contribution in [-0.2, 0) is 10.6 Å². The number of rotatable bonds is 1. The summed E-state index contributed by atoms with van der Waals surface area (Å²) in [5.41, 5.74) is 5.81. The lowest BCUT2D eigenvalue weighted by molar-refractivity contribution is 0.416. The van der Waals surface area contributed by atoms with Gasteiger partial charge in [-0.3, -0.25) is 4.98 Å². The molecule has 1 aromatic heterocycles. The van der Waals surface area contributed by atoms with E-state index in [0.29, 0.717) is 10.7 Å². The van der Waals surface area contributed by atoms with Gasteiger partial charge in [-0.15, -0.1) is 0 Å². The number of aromatic nitrogens is 1. The van der Waals surface area contributed by atoms with Gasteiger partial charge in [0.2, 0.25) is 0 Å². The van der Waals surface area contributed by atoms with Crippen LogP contribution in [-0.4, -0.2) is 20.7 Å². The average molecular weight is 259 g/mol. The highest BCUT2D eigenvalue weighted by atomic mass is 14.8. The van der Waals surface area contributed by atoms with Gasteiger partial charge in [0.15, 0.2) is 0 Å². The van der Waals surface area contributed by atoms with E-state index in [1.165, 1.54) is 28.8 Å². The minimum absolute atomic E-state index is 0.191. The quantitative estimate of drug-likeness (QED) is 0.712. The van der Waals surface area contributed by atoms with Crippen LogP contribution >= 0.6 is 0 Å². The lowest BCUT2D eigenvalue weighted by Crippen LogP contribution is -2.32. The first-order valence-corrected chi connectivity index (χ1v) is 7.47. The number of hydrogen-bond donors (Lipinski definition) is 0. The lowest BCUT2D eigenvalue weighted by Gasteiger charge is -2.31. The molecule has 2 aliphatic carbocycles. The second-order valence-corrected chi connectivity index (χ2v) is 7.41. The van der Waals surface area contributed by atoms with Crippen molar-refractivity contribution >= 4 is 15.7 Å². The Bertz CT molecular complexity index is 710. The van der Waals surface area contributed by atoms with Crippen molar-refractivity contribution in [3.8, 4) is 11.3 Å². The first kappa shape index (κ1) is 12.3. The summed E-state index contributed by atoms with van der Waals surface area (Å²) in [6, 6.07) is 12.9. The van der Waals surface area contributed by atoms with Gasteiger partial charge in [-0.05, 0) is 39.7 Å². The van der Waals surface area contributed by atoms with Crippen molar-refractivity contribution in [1.29, 1.82) is 0 Å². The summed E-state index contributed by atoms with van der Waals surface area (Å²) in [7, 11) is 4.83. The number of fused-ring (bicyclic) bond motifs is 3. The van der Waals surface area contributed by atoms with Crippen LogP contribution in [0.1, 0.15) is 31.4 Å². The second-order valence-electron chi connectivity index (χ2n) is 7.41. The fraction of sp³-hybridized carbons (Fsp3) is 0.353. The van der Waals surface area contributed by atoms with Crippen molar-refractivity contribution in [3.05, 3.63) is 53.7 Å². The van der Waals surface area contributed by atoms with Crippen LogP contribution in [0.3, 0.4) is 0 Å². The van der Waals surface area contributed by atoms with E-state index in [-0.39, 0.29) is 5.31 Å². The van der Waals surface area contributed by atoms with Crippen LogP contribution in [0.5, 0.6) is 0 Å². The molecule has 3 unspecified atom stereocenters. The van der Waals surface area contributed by atoms with E-state index in [1.54, 1.807) is 0 Å². The highest BCUT2D eigenvalue weighted by Gasteiger charge is 2.73. The summed E-state index contributed by atoms with van der Waals surface area (Å²) < 4.78 is 0. The Hall–Kier alpha value is -1.50. The Balaban J connectivity index is 2.03. The molecule has 0 N–H and O–H groups in total. The van der Waals surface area contributed by atoms with Crippen molar-refractivity contribution in [2.45, 2.75) is 30.9 Å². The third-order valence-electron chi connectivity index (χ3n) is 6.40. The van der Waals surface area contributed by atoms with Crippen LogP contribution in [0.25, 0.3) is 11.3 Å². The molecule has 0 saturated heterocycles. The van der Waals surface area contributed by atoms with Gasteiger partial charge in [0.25, 0.3) is 0 Å². The number of nitrogens with zero attached hydrogens (tertiary/aromatic N) is 1. The molecule has 4 rings (SSSR count). The van der Waals surface area contributed by atoms with Gasteiger partial charge >= 0.3 is 0 Å². The molecule has 3 atom stereocenters. The van der Waals surface area contributed by atoms with Crippen LogP contribution in [0, 0.1) is 5.41 Å². The summed E-state index contributed by atoms with van der Waals surface area (Å²) in [5.74, 6) is 0. The minimum Gasteiger partial charge on any atom is -0.256 e. The van der Waals surface area contributed by atoms with Crippen molar-refractivity contribution in [3.63, 3.8) is 0 Å². The third kappa shape index (κ3) is 1.16. The lowest BCUT2D eigenvalue weighted by atomic mass is 9.57. The smallest absolute Gasteiger partial charge is 0.115 e. The molecule has 2 aromatic rings. The molecule has 0 bridgehead atoms. The van der Waals surface area contributed by atoms with Gasteiger partial charge in [0, 0.05) is 11.8 Å². The Labute approximate surface area is 122 Å². The average Bonchev–Trinajstić information content (AvgIpc) is 3.00. The van der Waals surface area contributed by atoms with E-state index in [4.69, 9.17) is 4.98 Å². The van der Waals surface area contributed by atoms with E-state index in [1.807, 2.05) is 6.20 Å². The van der Waals surface area contributed by atoms with E-state index in [2.05, 4.69) is 65.9 Å². The Morgan fingerprint density at radius 3 is 2.45 bits per heavy atom. The topological polar surface area (TPSA) is 12.9 Å². The summed E-state index contributed by atoms with van der Waals surface area (Å²) in [6.45, 7) is 4.85. The van der Waals surface area contributed by atoms with Gasteiger partial charge in [-0.2, -0.15) is 0 Å². The molecule has 0 aliphatic heterocycles. The molecular formula is C17H19B2N. The normalized spacial score (nSPS) is 37.3. The molecule has 1 fully saturated rings. The molecular weight excluding hydrogens is 240 g/mol. The zero-order chi connectivity index (χ0) is 14.2. The highest BCUT2D eigenvalue weighted by molar-refractivity contribution is 6.26. The van der Waals surface area contributed by atoms with E-state index < -0.39 is 0 Å². The summed E-state index contributed by atoms with van der Waals surface area (Å²) in [5, 5.41) is 0.537. The predicted molar refractivity (Wildman–Crippen MR) is 88.5 cm³/mol. The van der Waals surface area contributed by atoms with Crippen LogP contribution < -0.4 is 0 Å². The molecule has 3 heteroatoms. The highest BCUT2D eigenvalue weighted by Crippen LogP contribution is 2.76. The largest absolute Gasteiger partial charge is 0.256 e. The number of hydrogen-bond acceptors (Lipinski definition) is 1. The van der Waals surface area contributed by atoms with Crippen molar-refractivity contribution in [1.82, 2.24) is 4.98 Å². The maximum atomic E-state index is 4.73. The number of pyridine rings is 1. The van der Waals surface area contributed by atoms with E-state index in [9.17, 15) is 0 Å². The van der Waals surface area contributed by atoms with Gasteiger partial charge in [0.05, 0.1) is 5.69 Å². The number of benzene rings is 1. The van der Waals surface area contributed by atoms with E-state index >= 15 is 0 Å². The second kappa shape index (κ2) is 3.39. The fourth-order valence-electron chi connectivity index (χ4n) is 4.61. The Morgan fingerprint density at radius 2 is 1.75 bits per heavy atom. The molecule has 1 saturated carbocycles. The van der Waals surface area contributed by atoms with Gasteiger partial charge in [-0.1, -0.05) is 44.2 Å². The minimum atomic E-state index is 0.191. The predicted octanol–water partition coefficient (Wildman–Crippen LogP) is 1.85. The van der Waals surface area contributed by atoms with Gasteiger partial charge < -0.3 is 0 Å². The molecule has 2 aliphatic rings. The fourth-order valence-corrected chi connectivity index (χ4v) is 4.61. The molecule has 0 radical (unpaired) electrons. The standard InChI is InChI=1S/C17H19B2N/c1-15-10-17(15,19)12-8-9-20-14(13(12)16(15,2)18)11-6-4-3-5-7-11/h3-9H,10,18-19H2,1-2H3. The van der Waals surface area contributed by atoms with Crippen LogP contribution in [0.2, 0.25) is 0 Å². The zero-order valence-corrected chi connectivity index (χ0v) is 12.7. The van der Waals surface area contributed by atoms with Crippen molar-refractivity contribution in [2.24, 2.45) is 5.41 Å². The zero-order valence-electron chi connectivity index (χ0n) is 12.7. The van der Waals surface area contributed by atoms with E-state index in [0.717, 1.165) is 0 Å². The first-order valence-electron chi connectivity index (χ1n) is 7.47. The van der Waals surface area contributed by atoms with Crippen molar-refractivity contribution in [2.75, 3.05) is 0 Å². The molecule has 1 aromatic carbocycles. The van der Waals surface area contributed by atoms with Gasteiger partial charge in [0.1, 0.15) is 15.7 Å². The van der Waals surface area contributed by atoms with Crippen LogP contribution in [0.15, 0.2) is 42.6 Å². The SMILES string of the molecule is BC1(C)c2c(ccnc2-c2ccccc2)C2(B)CC12C. The third-order valence-corrected chi connectivity index (χ3v) is 6.40. The molecule has 20 heavy (non-hydrogen) atoms. The summed E-state index contributed by atoms with van der Waals surface area (Å²) in [6.07, 6.45) is 3.30. The molecule has 98 valence electrons. The first-order chi connectivity index (χ1) is 9.42. The van der Waals surface area contributed by atoms with Crippen molar-refractivity contribution < 1.29 is 0 Å². The Kier molecular flexibility index (Phi) is 2.08. The molecule has 0 amide bonds. The summed E-state index contributed by atoms with van der Waals surface area (Å²) in [4.78, 5) is 4.73. The molecule has 1 nitrogen and oxygen atoms in total. The maximum Gasteiger partial charge on any atom is 0.115 e. The Morgan fingerprint density at radius 1 is 1.05 bits per heavy atom. The summed E-state index contributed by atoms with van der Waals surface area (Å²) >= 11 is 0. The maximum absolute atomic E-state index is 4.73. The van der Waals surface area contributed by atoms with Gasteiger partial charge in [-0.25, -0.2) is 0 Å². The molecule has 1 heterocycles. The molecule has 0 spiro atoms. The monoisotopic (exact) mass is 259 g/mol.